The molecule has 6 heteroatoms. The Morgan fingerprint density at radius 2 is 2.00 bits per heavy atom. The van der Waals surface area contributed by atoms with Gasteiger partial charge in [-0.05, 0) is 19.8 Å². The van der Waals surface area contributed by atoms with Gasteiger partial charge < -0.3 is 9.84 Å². The molecular formula is C9H19NO4S. The van der Waals surface area contributed by atoms with Gasteiger partial charge in [0.2, 0.25) is 10.0 Å². The highest BCUT2D eigenvalue weighted by Crippen LogP contribution is 2.18. The van der Waals surface area contributed by atoms with E-state index in [2.05, 4.69) is 0 Å². The monoisotopic (exact) mass is 237 g/mol. The molecule has 5 nitrogen and oxygen atoms in total. The van der Waals surface area contributed by atoms with Gasteiger partial charge in [-0.1, -0.05) is 0 Å². The Morgan fingerprint density at radius 1 is 1.47 bits per heavy atom. The molecule has 0 bridgehead atoms. The van der Waals surface area contributed by atoms with E-state index in [0.29, 0.717) is 26.1 Å². The molecule has 1 saturated heterocycles. The maximum absolute atomic E-state index is 12.0. The van der Waals surface area contributed by atoms with Gasteiger partial charge in [0.25, 0.3) is 0 Å². The van der Waals surface area contributed by atoms with Gasteiger partial charge in [-0.2, -0.15) is 0 Å². The summed E-state index contributed by atoms with van der Waals surface area (Å²) < 4.78 is 30.3. The zero-order valence-electron chi connectivity index (χ0n) is 9.22. The van der Waals surface area contributed by atoms with Gasteiger partial charge in [-0.25, -0.2) is 12.7 Å². The molecule has 0 aromatic heterocycles. The molecule has 0 aliphatic carbocycles. The van der Waals surface area contributed by atoms with E-state index >= 15 is 0 Å². The van der Waals surface area contributed by atoms with E-state index in [0.717, 1.165) is 0 Å². The number of aliphatic hydroxyl groups excluding tert-OH is 1. The van der Waals surface area contributed by atoms with Gasteiger partial charge in [0, 0.05) is 26.8 Å². The van der Waals surface area contributed by atoms with Crippen LogP contribution in [0.2, 0.25) is 0 Å². The Hall–Kier alpha value is -0.170. The van der Waals surface area contributed by atoms with Crippen molar-refractivity contribution in [2.45, 2.75) is 31.1 Å². The molecule has 0 amide bonds. The molecule has 90 valence electrons. The van der Waals surface area contributed by atoms with Crippen LogP contribution in [0.5, 0.6) is 0 Å². The van der Waals surface area contributed by atoms with E-state index in [4.69, 9.17) is 9.84 Å². The third kappa shape index (κ3) is 3.41. The summed E-state index contributed by atoms with van der Waals surface area (Å²) in [6, 6.07) is 0. The first kappa shape index (κ1) is 12.9. The molecule has 1 unspecified atom stereocenters. The number of hydrogen-bond donors (Lipinski definition) is 1. The number of likely N-dealkylation sites (N-methyl/N-ethyl adjacent to an activating group) is 1. The van der Waals surface area contributed by atoms with Crippen LogP contribution in [-0.2, 0) is 14.8 Å². The topological polar surface area (TPSA) is 66.8 Å². The molecule has 0 spiro atoms. The number of rotatable bonds is 4. The second-order valence-electron chi connectivity index (χ2n) is 3.99. The summed E-state index contributed by atoms with van der Waals surface area (Å²) in [6.45, 7) is 2.74. The lowest BCUT2D eigenvalue weighted by molar-refractivity contribution is 0.0968. The van der Waals surface area contributed by atoms with Crippen LogP contribution < -0.4 is 0 Å². The van der Waals surface area contributed by atoms with Gasteiger partial charge in [0.1, 0.15) is 0 Å². The third-order valence-corrected chi connectivity index (χ3v) is 4.88. The molecule has 0 radical (unpaired) electrons. The van der Waals surface area contributed by atoms with Gasteiger partial charge in [-0.15, -0.1) is 0 Å². The van der Waals surface area contributed by atoms with E-state index < -0.39 is 16.1 Å². The lowest BCUT2D eigenvalue weighted by Crippen LogP contribution is -2.41. The van der Waals surface area contributed by atoms with Crippen molar-refractivity contribution in [1.82, 2.24) is 4.31 Å². The zero-order chi connectivity index (χ0) is 11.5. The number of sulfonamides is 1. The summed E-state index contributed by atoms with van der Waals surface area (Å²) in [5, 5.41) is 8.80. The fourth-order valence-corrected chi connectivity index (χ4v) is 3.42. The first-order valence-corrected chi connectivity index (χ1v) is 6.66. The van der Waals surface area contributed by atoms with Gasteiger partial charge in [-0.3, -0.25) is 0 Å². The Balaban J connectivity index is 2.63. The average molecular weight is 237 g/mol. The molecule has 0 saturated carbocycles. The van der Waals surface area contributed by atoms with E-state index in [1.165, 1.54) is 11.4 Å². The van der Waals surface area contributed by atoms with Crippen LogP contribution in [-0.4, -0.2) is 56.0 Å². The molecule has 0 aromatic rings. The number of aliphatic hydroxyl groups is 1. The summed E-state index contributed by atoms with van der Waals surface area (Å²) in [6.07, 6.45) is 0.462. The molecule has 1 aliphatic rings. The van der Waals surface area contributed by atoms with Gasteiger partial charge in [0.15, 0.2) is 0 Å². The smallest absolute Gasteiger partial charge is 0.216 e. The number of ether oxygens (including phenoxy) is 1. The van der Waals surface area contributed by atoms with Gasteiger partial charge in [0.05, 0.1) is 11.4 Å². The summed E-state index contributed by atoms with van der Waals surface area (Å²) in [5.41, 5.74) is 0. The molecule has 1 N–H and O–H groups in total. The predicted molar refractivity (Wildman–Crippen MR) is 57.1 cm³/mol. The highest BCUT2D eigenvalue weighted by molar-refractivity contribution is 7.89. The van der Waals surface area contributed by atoms with Crippen molar-refractivity contribution in [1.29, 1.82) is 0 Å². The quantitative estimate of drug-likeness (QED) is 0.736. The minimum absolute atomic E-state index is 0.152. The van der Waals surface area contributed by atoms with Crippen molar-refractivity contribution in [3.8, 4) is 0 Å². The Bertz CT molecular complexity index is 282. The second-order valence-corrected chi connectivity index (χ2v) is 6.31. The summed E-state index contributed by atoms with van der Waals surface area (Å²) in [7, 11) is -1.75. The van der Waals surface area contributed by atoms with E-state index in [9.17, 15) is 8.42 Å². The first-order chi connectivity index (χ1) is 6.94. The van der Waals surface area contributed by atoms with Crippen LogP contribution in [0.1, 0.15) is 19.8 Å². The van der Waals surface area contributed by atoms with Crippen molar-refractivity contribution < 1.29 is 18.3 Å². The van der Waals surface area contributed by atoms with Crippen molar-refractivity contribution in [3.05, 3.63) is 0 Å². The van der Waals surface area contributed by atoms with Crippen LogP contribution in [0.25, 0.3) is 0 Å². The van der Waals surface area contributed by atoms with E-state index in [1.807, 2.05) is 0 Å². The zero-order valence-corrected chi connectivity index (χ0v) is 10.0. The molecular weight excluding hydrogens is 218 g/mol. The Morgan fingerprint density at radius 3 is 2.47 bits per heavy atom. The van der Waals surface area contributed by atoms with Crippen molar-refractivity contribution in [3.63, 3.8) is 0 Å². The lowest BCUT2D eigenvalue weighted by atomic mass is 10.2. The minimum atomic E-state index is -3.26. The maximum atomic E-state index is 12.0. The third-order valence-electron chi connectivity index (χ3n) is 2.55. The van der Waals surface area contributed by atoms with E-state index in [-0.39, 0.29) is 11.8 Å². The first-order valence-electron chi connectivity index (χ1n) is 5.15. The largest absolute Gasteiger partial charge is 0.392 e. The summed E-state index contributed by atoms with van der Waals surface area (Å²) in [4.78, 5) is 0. The van der Waals surface area contributed by atoms with Crippen LogP contribution in [0, 0.1) is 0 Å². The second kappa shape index (κ2) is 5.25. The summed E-state index contributed by atoms with van der Waals surface area (Å²) in [5.74, 6) is 0. The molecule has 1 atom stereocenters. The van der Waals surface area contributed by atoms with Crippen LogP contribution >= 0.6 is 0 Å². The average Bonchev–Trinajstić information content (AvgIpc) is 2.18. The maximum Gasteiger partial charge on any atom is 0.216 e. The van der Waals surface area contributed by atoms with Crippen LogP contribution in [0.3, 0.4) is 0 Å². The molecule has 15 heavy (non-hydrogen) atoms. The molecule has 0 aromatic carbocycles. The van der Waals surface area contributed by atoms with Crippen molar-refractivity contribution in [2.24, 2.45) is 0 Å². The van der Waals surface area contributed by atoms with Crippen LogP contribution in [0.15, 0.2) is 0 Å². The van der Waals surface area contributed by atoms with Crippen molar-refractivity contribution >= 4 is 10.0 Å². The van der Waals surface area contributed by atoms with Gasteiger partial charge >= 0.3 is 0 Å². The highest BCUT2D eigenvalue weighted by atomic mass is 32.2. The van der Waals surface area contributed by atoms with Crippen molar-refractivity contribution in [2.75, 3.05) is 26.8 Å². The minimum Gasteiger partial charge on any atom is -0.392 e. The normalized spacial score (nSPS) is 21.9. The number of hydrogen-bond acceptors (Lipinski definition) is 4. The fourth-order valence-electron chi connectivity index (χ4n) is 1.70. The molecule has 1 aliphatic heterocycles. The highest BCUT2D eigenvalue weighted by Gasteiger charge is 2.31. The Labute approximate surface area is 91.1 Å². The summed E-state index contributed by atoms with van der Waals surface area (Å²) >= 11 is 0. The Kier molecular flexibility index (Phi) is 4.51. The molecule has 1 rings (SSSR count). The number of nitrogens with zero attached hydrogens (tertiary/aromatic N) is 1. The predicted octanol–water partition coefficient (Wildman–Crippen LogP) is -0.192. The fraction of sp³-hybridized carbons (Fsp3) is 1.00. The standard InChI is InChI=1S/C9H19NO4S/c1-8(11)7-10(2)15(12,13)9-3-5-14-6-4-9/h8-9,11H,3-7H2,1-2H3. The molecule has 1 heterocycles. The SMILES string of the molecule is CC(O)CN(C)S(=O)(=O)C1CCOCC1. The van der Waals surface area contributed by atoms with E-state index in [1.54, 1.807) is 6.92 Å². The lowest BCUT2D eigenvalue weighted by Gasteiger charge is -2.27. The van der Waals surface area contributed by atoms with Crippen LogP contribution in [0.4, 0.5) is 0 Å². The molecule has 1 fully saturated rings.